The molecule has 2 rings (SSSR count). The van der Waals surface area contributed by atoms with Gasteiger partial charge in [-0.1, -0.05) is 0 Å². The molecule has 1 aromatic heterocycles. The molecule has 0 amide bonds. The predicted molar refractivity (Wildman–Crippen MR) is 70.2 cm³/mol. The molecule has 1 saturated heterocycles. The standard InChI is InChI=1S/C12H21N3OS/c1-9(2)15-3-4-16-12(7-15)11(13)5-10-6-14-8-17-10/h6,8-9,11-12H,3-5,7,13H2,1-2H3. The van der Waals surface area contributed by atoms with E-state index >= 15 is 0 Å². The molecule has 0 saturated carbocycles. The van der Waals surface area contributed by atoms with Crippen LogP contribution in [0, 0.1) is 0 Å². The monoisotopic (exact) mass is 255 g/mol. The zero-order valence-corrected chi connectivity index (χ0v) is 11.3. The number of morpholine rings is 1. The van der Waals surface area contributed by atoms with Crippen LogP contribution in [-0.2, 0) is 11.2 Å². The molecule has 1 fully saturated rings. The van der Waals surface area contributed by atoms with Gasteiger partial charge in [0, 0.05) is 42.7 Å². The molecule has 1 aromatic rings. The van der Waals surface area contributed by atoms with Gasteiger partial charge in [-0.3, -0.25) is 9.88 Å². The normalized spacial score (nSPS) is 24.1. The molecule has 1 aliphatic heterocycles. The summed E-state index contributed by atoms with van der Waals surface area (Å²) < 4.78 is 5.79. The van der Waals surface area contributed by atoms with Gasteiger partial charge < -0.3 is 10.5 Å². The molecule has 2 heterocycles. The smallest absolute Gasteiger partial charge is 0.0856 e. The van der Waals surface area contributed by atoms with Crippen molar-refractivity contribution < 1.29 is 4.74 Å². The quantitative estimate of drug-likeness (QED) is 0.876. The first-order valence-electron chi connectivity index (χ1n) is 6.15. The average Bonchev–Trinajstić information content (AvgIpc) is 2.82. The third-order valence-corrected chi connectivity index (χ3v) is 4.06. The van der Waals surface area contributed by atoms with Gasteiger partial charge in [0.05, 0.1) is 18.2 Å². The second kappa shape index (κ2) is 5.91. The highest BCUT2D eigenvalue weighted by atomic mass is 32.1. The van der Waals surface area contributed by atoms with E-state index < -0.39 is 0 Å². The van der Waals surface area contributed by atoms with Crippen LogP contribution in [0.5, 0.6) is 0 Å². The molecular weight excluding hydrogens is 234 g/mol. The lowest BCUT2D eigenvalue weighted by atomic mass is 10.1. The van der Waals surface area contributed by atoms with Crippen molar-refractivity contribution in [3.63, 3.8) is 0 Å². The summed E-state index contributed by atoms with van der Waals surface area (Å²) in [5, 5.41) is 0. The summed E-state index contributed by atoms with van der Waals surface area (Å²) in [6.45, 7) is 7.19. The fourth-order valence-electron chi connectivity index (χ4n) is 2.13. The van der Waals surface area contributed by atoms with Crippen molar-refractivity contribution in [1.82, 2.24) is 9.88 Å². The molecule has 4 nitrogen and oxygen atoms in total. The zero-order chi connectivity index (χ0) is 12.3. The van der Waals surface area contributed by atoms with Gasteiger partial charge in [0.25, 0.3) is 0 Å². The molecule has 5 heteroatoms. The van der Waals surface area contributed by atoms with E-state index in [0.29, 0.717) is 6.04 Å². The first-order chi connectivity index (χ1) is 8.16. The summed E-state index contributed by atoms with van der Waals surface area (Å²) in [4.78, 5) is 7.75. The Hall–Kier alpha value is -0.490. The topological polar surface area (TPSA) is 51.4 Å². The minimum Gasteiger partial charge on any atom is -0.374 e. The molecule has 17 heavy (non-hydrogen) atoms. The fraction of sp³-hybridized carbons (Fsp3) is 0.750. The van der Waals surface area contributed by atoms with Gasteiger partial charge in [0.1, 0.15) is 0 Å². The van der Waals surface area contributed by atoms with E-state index in [4.69, 9.17) is 10.5 Å². The van der Waals surface area contributed by atoms with Crippen LogP contribution in [0.4, 0.5) is 0 Å². The Bertz CT molecular complexity index is 329. The molecule has 1 aliphatic rings. The van der Waals surface area contributed by atoms with E-state index in [9.17, 15) is 0 Å². The molecule has 2 N–H and O–H groups in total. The Kier molecular flexibility index (Phi) is 4.50. The van der Waals surface area contributed by atoms with Crippen LogP contribution in [-0.4, -0.2) is 47.8 Å². The third-order valence-electron chi connectivity index (χ3n) is 3.25. The van der Waals surface area contributed by atoms with Crippen LogP contribution < -0.4 is 5.73 Å². The van der Waals surface area contributed by atoms with E-state index in [1.165, 1.54) is 4.88 Å². The lowest BCUT2D eigenvalue weighted by Crippen LogP contribution is -2.53. The second-order valence-electron chi connectivity index (χ2n) is 4.83. The first kappa shape index (κ1) is 13.0. The van der Waals surface area contributed by atoms with Gasteiger partial charge in [-0.2, -0.15) is 0 Å². The maximum atomic E-state index is 6.23. The molecule has 0 spiro atoms. The third kappa shape index (κ3) is 3.48. The lowest BCUT2D eigenvalue weighted by molar-refractivity contribution is -0.0494. The van der Waals surface area contributed by atoms with Crippen molar-refractivity contribution in [2.45, 2.75) is 38.5 Å². The van der Waals surface area contributed by atoms with E-state index in [1.54, 1.807) is 11.3 Å². The highest BCUT2D eigenvalue weighted by molar-refractivity contribution is 7.09. The van der Waals surface area contributed by atoms with Crippen molar-refractivity contribution in [3.8, 4) is 0 Å². The molecule has 0 aliphatic carbocycles. The number of aromatic nitrogens is 1. The highest BCUT2D eigenvalue weighted by Gasteiger charge is 2.27. The van der Waals surface area contributed by atoms with Crippen LogP contribution in [0.3, 0.4) is 0 Å². The van der Waals surface area contributed by atoms with Gasteiger partial charge in [0.15, 0.2) is 0 Å². The SMILES string of the molecule is CC(C)N1CCOC(C(N)Cc2cncs2)C1. The maximum Gasteiger partial charge on any atom is 0.0856 e. The Labute approximate surface area is 107 Å². The minimum absolute atomic E-state index is 0.0667. The summed E-state index contributed by atoms with van der Waals surface area (Å²) in [6.07, 6.45) is 2.91. The van der Waals surface area contributed by atoms with Crippen molar-refractivity contribution >= 4 is 11.3 Å². The van der Waals surface area contributed by atoms with Crippen molar-refractivity contribution in [1.29, 1.82) is 0 Å². The number of nitrogens with two attached hydrogens (primary N) is 1. The number of nitrogens with zero attached hydrogens (tertiary/aromatic N) is 2. The van der Waals surface area contributed by atoms with Crippen LogP contribution in [0.2, 0.25) is 0 Å². The highest BCUT2D eigenvalue weighted by Crippen LogP contribution is 2.15. The predicted octanol–water partition coefficient (Wildman–Crippen LogP) is 1.12. The van der Waals surface area contributed by atoms with E-state index in [0.717, 1.165) is 26.1 Å². The summed E-state index contributed by atoms with van der Waals surface area (Å²) in [5.41, 5.74) is 8.08. The van der Waals surface area contributed by atoms with Gasteiger partial charge in [-0.25, -0.2) is 0 Å². The summed E-state index contributed by atoms with van der Waals surface area (Å²) in [5.74, 6) is 0. The number of hydrogen-bond acceptors (Lipinski definition) is 5. The molecule has 0 bridgehead atoms. The number of ether oxygens (including phenoxy) is 1. The number of rotatable bonds is 4. The first-order valence-corrected chi connectivity index (χ1v) is 7.03. The average molecular weight is 255 g/mol. The molecule has 2 unspecified atom stereocenters. The fourth-order valence-corrected chi connectivity index (χ4v) is 2.80. The van der Waals surface area contributed by atoms with Gasteiger partial charge in [0.2, 0.25) is 0 Å². The Morgan fingerprint density at radius 3 is 3.12 bits per heavy atom. The minimum atomic E-state index is 0.0667. The summed E-state index contributed by atoms with van der Waals surface area (Å²) >= 11 is 1.66. The summed E-state index contributed by atoms with van der Waals surface area (Å²) in [6, 6.07) is 0.633. The van der Waals surface area contributed by atoms with Gasteiger partial charge >= 0.3 is 0 Å². The molecule has 2 atom stereocenters. The largest absolute Gasteiger partial charge is 0.374 e. The van der Waals surface area contributed by atoms with Crippen LogP contribution in [0.15, 0.2) is 11.7 Å². The Morgan fingerprint density at radius 1 is 1.65 bits per heavy atom. The van der Waals surface area contributed by atoms with Crippen molar-refractivity contribution in [3.05, 3.63) is 16.6 Å². The van der Waals surface area contributed by atoms with Crippen LogP contribution in [0.25, 0.3) is 0 Å². The molecule has 96 valence electrons. The van der Waals surface area contributed by atoms with Crippen LogP contribution >= 0.6 is 11.3 Å². The van der Waals surface area contributed by atoms with E-state index in [-0.39, 0.29) is 12.1 Å². The van der Waals surface area contributed by atoms with Crippen molar-refractivity contribution in [2.24, 2.45) is 5.73 Å². The Morgan fingerprint density at radius 2 is 2.47 bits per heavy atom. The zero-order valence-electron chi connectivity index (χ0n) is 10.5. The molecule has 0 aromatic carbocycles. The Balaban J connectivity index is 1.88. The molecular formula is C12H21N3OS. The van der Waals surface area contributed by atoms with Crippen molar-refractivity contribution in [2.75, 3.05) is 19.7 Å². The molecule has 0 radical (unpaired) electrons. The summed E-state index contributed by atoms with van der Waals surface area (Å²) in [7, 11) is 0. The number of thiazole rings is 1. The van der Waals surface area contributed by atoms with E-state index in [2.05, 4.69) is 23.7 Å². The van der Waals surface area contributed by atoms with Gasteiger partial charge in [-0.05, 0) is 13.8 Å². The second-order valence-corrected chi connectivity index (χ2v) is 5.80. The van der Waals surface area contributed by atoms with Crippen LogP contribution in [0.1, 0.15) is 18.7 Å². The van der Waals surface area contributed by atoms with E-state index in [1.807, 2.05) is 11.7 Å². The van der Waals surface area contributed by atoms with Gasteiger partial charge in [-0.15, -0.1) is 11.3 Å². The number of hydrogen-bond donors (Lipinski definition) is 1. The lowest BCUT2D eigenvalue weighted by Gasteiger charge is -2.37. The maximum absolute atomic E-state index is 6.23.